The Hall–Kier alpha value is -3.74. The minimum absolute atomic E-state index is 0.00640. The van der Waals surface area contributed by atoms with Crippen molar-refractivity contribution in [2.75, 3.05) is 0 Å². The van der Waals surface area contributed by atoms with Crippen LogP contribution in [0.1, 0.15) is 17.1 Å². The number of hydrogen-bond donors (Lipinski definition) is 1. The number of benzene rings is 2. The number of rotatable bonds is 5. The SMILES string of the molecule is O=[N+]([O-])c1cccc(/C=C/c2nc(C=Nc3ccccc3)c(O)o2)c1. The molecule has 0 saturated carbocycles. The Balaban J connectivity index is 1.77. The van der Waals surface area contributed by atoms with Gasteiger partial charge in [-0.25, -0.2) is 4.98 Å². The molecule has 3 rings (SSSR count). The van der Waals surface area contributed by atoms with E-state index in [0.717, 1.165) is 5.69 Å². The third-order valence-corrected chi connectivity index (χ3v) is 3.24. The number of nitro groups is 1. The first-order chi connectivity index (χ1) is 12.1. The Morgan fingerprint density at radius 1 is 1.12 bits per heavy atom. The molecule has 0 fully saturated rings. The van der Waals surface area contributed by atoms with Crippen LogP contribution in [0.25, 0.3) is 12.2 Å². The van der Waals surface area contributed by atoms with Gasteiger partial charge in [0.2, 0.25) is 5.89 Å². The molecule has 0 aliphatic heterocycles. The Kier molecular flexibility index (Phi) is 4.66. The fourth-order valence-electron chi connectivity index (χ4n) is 2.06. The highest BCUT2D eigenvalue weighted by Gasteiger charge is 2.08. The molecule has 0 radical (unpaired) electrons. The molecule has 124 valence electrons. The third kappa shape index (κ3) is 4.17. The molecule has 1 aromatic heterocycles. The van der Waals surface area contributed by atoms with Crippen LogP contribution in [-0.4, -0.2) is 21.2 Å². The Bertz CT molecular complexity index is 946. The molecule has 3 aromatic rings. The van der Waals surface area contributed by atoms with E-state index in [4.69, 9.17) is 4.42 Å². The van der Waals surface area contributed by atoms with Crippen LogP contribution in [0.15, 0.2) is 64.0 Å². The molecule has 1 N–H and O–H groups in total. The van der Waals surface area contributed by atoms with E-state index in [1.165, 1.54) is 24.4 Å². The van der Waals surface area contributed by atoms with Gasteiger partial charge in [0.25, 0.3) is 5.69 Å². The molecule has 0 saturated heterocycles. The van der Waals surface area contributed by atoms with E-state index in [-0.39, 0.29) is 23.2 Å². The summed E-state index contributed by atoms with van der Waals surface area (Å²) in [7, 11) is 0. The molecule has 0 amide bonds. The van der Waals surface area contributed by atoms with E-state index in [1.807, 2.05) is 30.3 Å². The first-order valence-electron chi connectivity index (χ1n) is 7.33. The molecule has 0 aliphatic carbocycles. The lowest BCUT2D eigenvalue weighted by molar-refractivity contribution is -0.384. The van der Waals surface area contributed by atoms with Crippen molar-refractivity contribution in [3.8, 4) is 5.95 Å². The molecule has 25 heavy (non-hydrogen) atoms. The van der Waals surface area contributed by atoms with Crippen molar-refractivity contribution in [3.63, 3.8) is 0 Å². The van der Waals surface area contributed by atoms with E-state index in [2.05, 4.69) is 9.98 Å². The smallest absolute Gasteiger partial charge is 0.312 e. The molecule has 1 heterocycles. The normalized spacial score (nSPS) is 11.4. The van der Waals surface area contributed by atoms with Gasteiger partial charge in [-0.05, 0) is 23.8 Å². The van der Waals surface area contributed by atoms with E-state index in [1.54, 1.807) is 18.2 Å². The maximum Gasteiger partial charge on any atom is 0.312 e. The van der Waals surface area contributed by atoms with Crippen LogP contribution >= 0.6 is 0 Å². The molecule has 0 bridgehead atoms. The van der Waals surface area contributed by atoms with Gasteiger partial charge in [0.15, 0.2) is 5.69 Å². The van der Waals surface area contributed by atoms with Crippen LogP contribution in [-0.2, 0) is 0 Å². The van der Waals surface area contributed by atoms with Gasteiger partial charge in [-0.1, -0.05) is 30.3 Å². The molecule has 7 nitrogen and oxygen atoms in total. The average Bonchev–Trinajstić information content (AvgIpc) is 2.99. The summed E-state index contributed by atoms with van der Waals surface area (Å²) in [5.74, 6) is -0.183. The molecule has 2 aromatic carbocycles. The van der Waals surface area contributed by atoms with Crippen LogP contribution in [0.2, 0.25) is 0 Å². The van der Waals surface area contributed by atoms with Crippen molar-refractivity contribution in [1.82, 2.24) is 4.98 Å². The van der Waals surface area contributed by atoms with Gasteiger partial charge >= 0.3 is 5.95 Å². The molecular weight excluding hydrogens is 322 g/mol. The summed E-state index contributed by atoms with van der Waals surface area (Å²) in [5.41, 5.74) is 1.53. The van der Waals surface area contributed by atoms with E-state index in [0.29, 0.717) is 5.56 Å². The lowest BCUT2D eigenvalue weighted by Gasteiger charge is -1.93. The fraction of sp³-hybridized carbons (Fsp3) is 0. The number of aromatic nitrogens is 1. The van der Waals surface area contributed by atoms with Crippen LogP contribution in [0.3, 0.4) is 0 Å². The van der Waals surface area contributed by atoms with Crippen LogP contribution in [0.4, 0.5) is 11.4 Å². The second-order valence-corrected chi connectivity index (χ2v) is 5.02. The van der Waals surface area contributed by atoms with Crippen LogP contribution < -0.4 is 0 Å². The summed E-state index contributed by atoms with van der Waals surface area (Å²) in [5, 5.41) is 20.5. The van der Waals surface area contributed by atoms with Crippen LogP contribution in [0.5, 0.6) is 5.95 Å². The predicted molar refractivity (Wildman–Crippen MR) is 93.9 cm³/mol. The maximum atomic E-state index is 10.8. The highest BCUT2D eigenvalue weighted by Crippen LogP contribution is 2.20. The van der Waals surface area contributed by atoms with Gasteiger partial charge in [0.1, 0.15) is 0 Å². The van der Waals surface area contributed by atoms with Crippen molar-refractivity contribution in [3.05, 3.63) is 81.9 Å². The largest absolute Gasteiger partial charge is 0.479 e. The number of hydrogen-bond acceptors (Lipinski definition) is 6. The Labute approximate surface area is 142 Å². The van der Waals surface area contributed by atoms with Gasteiger partial charge in [-0.3, -0.25) is 15.1 Å². The predicted octanol–water partition coefficient (Wildman–Crippen LogP) is 4.21. The first kappa shape index (κ1) is 16.1. The van der Waals surface area contributed by atoms with E-state index < -0.39 is 4.92 Å². The van der Waals surface area contributed by atoms with Crippen LogP contribution in [0, 0.1) is 10.1 Å². The summed E-state index contributed by atoms with van der Waals surface area (Å²) in [6.45, 7) is 0. The lowest BCUT2D eigenvalue weighted by Crippen LogP contribution is -1.87. The topological polar surface area (TPSA) is 102 Å². The zero-order valence-electron chi connectivity index (χ0n) is 12.9. The molecule has 0 spiro atoms. The van der Waals surface area contributed by atoms with Gasteiger partial charge in [-0.15, -0.1) is 0 Å². The highest BCUT2D eigenvalue weighted by atomic mass is 16.6. The average molecular weight is 335 g/mol. The number of aromatic hydroxyl groups is 1. The summed E-state index contributed by atoms with van der Waals surface area (Å²) < 4.78 is 5.14. The lowest BCUT2D eigenvalue weighted by atomic mass is 10.2. The van der Waals surface area contributed by atoms with Crippen molar-refractivity contribution in [1.29, 1.82) is 0 Å². The van der Waals surface area contributed by atoms with Gasteiger partial charge < -0.3 is 9.52 Å². The number of non-ortho nitro benzene ring substituents is 1. The molecule has 7 heteroatoms. The number of nitro benzene ring substituents is 1. The zero-order chi connectivity index (χ0) is 17.6. The molecule has 0 unspecified atom stereocenters. The standard InChI is InChI=1S/C18H13N3O4/c22-18-16(12-19-14-6-2-1-3-7-14)20-17(25-18)10-9-13-5-4-8-15(11-13)21(23)24/h1-12,22H/b10-9+,19-12?. The monoisotopic (exact) mass is 335 g/mol. The van der Waals surface area contributed by atoms with E-state index in [9.17, 15) is 15.2 Å². The molecule has 0 aliphatic rings. The minimum Gasteiger partial charge on any atom is -0.479 e. The summed E-state index contributed by atoms with van der Waals surface area (Å²) >= 11 is 0. The second kappa shape index (κ2) is 7.22. The highest BCUT2D eigenvalue weighted by molar-refractivity contribution is 5.82. The first-order valence-corrected chi connectivity index (χ1v) is 7.33. The van der Waals surface area contributed by atoms with Gasteiger partial charge in [-0.2, -0.15) is 0 Å². The maximum absolute atomic E-state index is 10.8. The fourth-order valence-corrected chi connectivity index (χ4v) is 2.06. The van der Waals surface area contributed by atoms with Crippen molar-refractivity contribution in [2.45, 2.75) is 0 Å². The van der Waals surface area contributed by atoms with Crippen molar-refractivity contribution in [2.24, 2.45) is 4.99 Å². The molecular formula is C18H13N3O4. The van der Waals surface area contributed by atoms with Gasteiger partial charge in [0.05, 0.1) is 16.8 Å². The second-order valence-electron chi connectivity index (χ2n) is 5.02. The Morgan fingerprint density at radius 3 is 2.68 bits per heavy atom. The summed E-state index contributed by atoms with van der Waals surface area (Å²) in [6, 6.07) is 15.3. The Morgan fingerprint density at radius 2 is 1.92 bits per heavy atom. The quantitative estimate of drug-likeness (QED) is 0.427. The minimum atomic E-state index is -0.466. The summed E-state index contributed by atoms with van der Waals surface area (Å²) in [4.78, 5) is 18.6. The number of oxazole rings is 1. The summed E-state index contributed by atoms with van der Waals surface area (Å²) in [6.07, 6.45) is 4.52. The zero-order valence-corrected chi connectivity index (χ0v) is 12.9. The van der Waals surface area contributed by atoms with Crippen molar-refractivity contribution < 1.29 is 14.4 Å². The van der Waals surface area contributed by atoms with Crippen molar-refractivity contribution >= 4 is 29.7 Å². The molecule has 0 atom stereocenters. The number of para-hydroxylation sites is 1. The third-order valence-electron chi connectivity index (χ3n) is 3.24. The number of aliphatic imine (C=N–C) groups is 1. The van der Waals surface area contributed by atoms with Gasteiger partial charge in [0, 0.05) is 18.2 Å². The number of nitrogens with zero attached hydrogens (tertiary/aromatic N) is 3. The van der Waals surface area contributed by atoms with E-state index >= 15 is 0 Å².